The van der Waals surface area contributed by atoms with Crippen LogP contribution in [0.25, 0.3) is 0 Å². The molecule has 1 heterocycles. The van der Waals surface area contributed by atoms with E-state index in [1.54, 1.807) is 40.0 Å². The Balaban J connectivity index is 1.42. The quantitative estimate of drug-likeness (QED) is 0.391. The van der Waals surface area contributed by atoms with E-state index >= 15 is 0 Å². The molecule has 2 N–H and O–H groups in total. The molecule has 1 unspecified atom stereocenters. The van der Waals surface area contributed by atoms with Gasteiger partial charge in [-0.2, -0.15) is 0 Å². The van der Waals surface area contributed by atoms with E-state index in [9.17, 15) is 13.2 Å². The van der Waals surface area contributed by atoms with Gasteiger partial charge in [0.25, 0.3) is 0 Å². The van der Waals surface area contributed by atoms with Gasteiger partial charge in [-0.1, -0.05) is 23.7 Å². The van der Waals surface area contributed by atoms with E-state index in [4.69, 9.17) is 21.1 Å². The molecule has 1 aliphatic rings. The van der Waals surface area contributed by atoms with Crippen molar-refractivity contribution in [1.29, 1.82) is 0 Å². The van der Waals surface area contributed by atoms with Crippen LogP contribution in [0.2, 0.25) is 5.02 Å². The summed E-state index contributed by atoms with van der Waals surface area (Å²) >= 11 is 6.43. The minimum atomic E-state index is -3.54. The largest absolute Gasteiger partial charge is 0.497 e. The first-order valence-electron chi connectivity index (χ1n) is 12.1. The van der Waals surface area contributed by atoms with E-state index in [-0.39, 0.29) is 31.5 Å². The van der Waals surface area contributed by atoms with Crippen LogP contribution in [0.15, 0.2) is 40.2 Å². The Morgan fingerprint density at radius 1 is 1.22 bits per heavy atom. The predicted octanol–water partition coefficient (Wildman–Crippen LogP) is 2.70. The maximum atomic E-state index is 12.8. The highest BCUT2D eigenvalue weighted by molar-refractivity contribution is 7.91. The first-order valence-corrected chi connectivity index (χ1v) is 14.1. The summed E-state index contributed by atoms with van der Waals surface area (Å²) in [5.41, 5.74) is 3.01. The third-order valence-electron chi connectivity index (χ3n) is 6.11. The first kappa shape index (κ1) is 28.9. The zero-order valence-electron chi connectivity index (χ0n) is 21.9. The van der Waals surface area contributed by atoms with Gasteiger partial charge in [0.1, 0.15) is 23.6 Å². The molecule has 0 saturated carbocycles. The average molecular weight is 551 g/mol. The van der Waals surface area contributed by atoms with Crippen molar-refractivity contribution < 1.29 is 22.7 Å². The van der Waals surface area contributed by atoms with Crippen molar-refractivity contribution in [2.75, 3.05) is 46.3 Å². The molecule has 0 aromatic heterocycles. The molecule has 0 bridgehead atoms. The number of benzene rings is 2. The summed E-state index contributed by atoms with van der Waals surface area (Å²) < 4.78 is 36.4. The van der Waals surface area contributed by atoms with E-state index in [2.05, 4.69) is 20.5 Å². The average Bonchev–Trinajstić information content (AvgIpc) is 3.27. The summed E-state index contributed by atoms with van der Waals surface area (Å²) in [6.45, 7) is 7.52. The van der Waals surface area contributed by atoms with Crippen LogP contribution in [0.5, 0.6) is 5.75 Å². The van der Waals surface area contributed by atoms with Crippen LogP contribution in [-0.4, -0.2) is 77.4 Å². The lowest BCUT2D eigenvalue weighted by Gasteiger charge is -2.16. The van der Waals surface area contributed by atoms with Crippen LogP contribution < -0.4 is 15.4 Å². The number of methoxy groups -OCH3 is 1. The second-order valence-corrected chi connectivity index (χ2v) is 11.3. The number of carbonyl (C=O) groups is 1. The maximum absolute atomic E-state index is 12.8. The van der Waals surface area contributed by atoms with Gasteiger partial charge in [-0.05, 0) is 55.7 Å². The smallest absolute Gasteiger partial charge is 0.249 e. The zero-order chi connectivity index (χ0) is 27.2. The highest BCUT2D eigenvalue weighted by Crippen LogP contribution is 2.26. The number of sulfone groups is 1. The molecule has 37 heavy (non-hydrogen) atoms. The Morgan fingerprint density at radius 2 is 1.92 bits per heavy atom. The highest BCUT2D eigenvalue weighted by Gasteiger charge is 2.21. The van der Waals surface area contributed by atoms with Crippen LogP contribution in [0.3, 0.4) is 0 Å². The Bertz CT molecular complexity index is 1240. The molecule has 3 rings (SSSR count). The van der Waals surface area contributed by atoms with Crippen LogP contribution in [-0.2, 0) is 25.9 Å². The van der Waals surface area contributed by atoms with E-state index in [1.807, 2.05) is 25.2 Å². The van der Waals surface area contributed by atoms with Crippen molar-refractivity contribution in [3.05, 3.63) is 57.6 Å². The maximum Gasteiger partial charge on any atom is 0.249 e. The third kappa shape index (κ3) is 7.44. The molecule has 11 heteroatoms. The highest BCUT2D eigenvalue weighted by atomic mass is 35.5. The van der Waals surface area contributed by atoms with Crippen LogP contribution in [0, 0.1) is 13.8 Å². The number of aryl methyl sites for hydroxylation is 2. The standard InChI is InChI=1S/C26H35ClN4O5S/c1-17-12-22(35-5)13-18(2)24(17)37(33,34)16-28-9-11-36-19(3)26(32)30-15-21-7-6-20(14-23(21)27)25-29-8-10-31(25)4/h6-7,12-14,19,28H,8-11,15-16H2,1-5H3,(H,30,32). The normalized spacial score (nSPS) is 14.4. The van der Waals surface area contributed by atoms with Gasteiger partial charge in [0, 0.05) is 37.3 Å². The summed E-state index contributed by atoms with van der Waals surface area (Å²) in [7, 11) is -0.00514. The lowest BCUT2D eigenvalue weighted by Crippen LogP contribution is -2.36. The van der Waals surface area contributed by atoms with Crippen molar-refractivity contribution in [3.8, 4) is 5.75 Å². The van der Waals surface area contributed by atoms with Crippen molar-refractivity contribution in [2.45, 2.75) is 38.3 Å². The monoisotopic (exact) mass is 550 g/mol. The number of nitrogens with one attached hydrogen (secondary N) is 2. The van der Waals surface area contributed by atoms with E-state index < -0.39 is 15.9 Å². The second kappa shape index (κ2) is 12.7. The molecule has 0 radical (unpaired) electrons. The molecule has 1 aliphatic heterocycles. The predicted molar refractivity (Wildman–Crippen MR) is 145 cm³/mol. The van der Waals surface area contributed by atoms with Gasteiger partial charge in [0.05, 0.1) is 25.2 Å². The van der Waals surface area contributed by atoms with Gasteiger partial charge >= 0.3 is 0 Å². The molecule has 1 amide bonds. The van der Waals surface area contributed by atoms with E-state index in [0.717, 1.165) is 30.1 Å². The molecule has 202 valence electrons. The minimum absolute atomic E-state index is 0.176. The molecule has 1 atom stereocenters. The number of likely N-dealkylation sites (N-methyl/N-ethyl adjacent to an activating group) is 1. The van der Waals surface area contributed by atoms with Crippen LogP contribution in [0.4, 0.5) is 0 Å². The fourth-order valence-corrected chi connectivity index (χ4v) is 6.08. The summed E-state index contributed by atoms with van der Waals surface area (Å²) in [5, 5.41) is 6.28. The van der Waals surface area contributed by atoms with Gasteiger partial charge in [0.15, 0.2) is 9.84 Å². The first-order chi connectivity index (χ1) is 17.5. The summed E-state index contributed by atoms with van der Waals surface area (Å²) in [4.78, 5) is 19.3. The molecule has 0 saturated heterocycles. The van der Waals surface area contributed by atoms with E-state index in [0.29, 0.717) is 26.8 Å². The van der Waals surface area contributed by atoms with Gasteiger partial charge in [-0.15, -0.1) is 0 Å². The molecule has 0 aliphatic carbocycles. The third-order valence-corrected chi connectivity index (χ3v) is 8.31. The fourth-order valence-electron chi connectivity index (χ4n) is 4.18. The number of aliphatic imine (C=N–C) groups is 1. The van der Waals surface area contributed by atoms with Crippen molar-refractivity contribution >= 4 is 33.2 Å². The summed E-state index contributed by atoms with van der Waals surface area (Å²) in [6, 6.07) is 9.09. The molecule has 0 fully saturated rings. The van der Waals surface area contributed by atoms with E-state index in [1.165, 1.54) is 0 Å². The zero-order valence-corrected chi connectivity index (χ0v) is 23.5. The van der Waals surface area contributed by atoms with Crippen molar-refractivity contribution in [3.63, 3.8) is 0 Å². The molecular weight excluding hydrogens is 516 g/mol. The molecule has 0 spiro atoms. The number of ether oxygens (including phenoxy) is 2. The SMILES string of the molecule is COc1cc(C)c(S(=O)(=O)CNCCOC(C)C(=O)NCc2ccc(C3=NCCN3C)cc2Cl)c(C)c1. The van der Waals surface area contributed by atoms with Crippen molar-refractivity contribution in [2.24, 2.45) is 4.99 Å². The van der Waals surface area contributed by atoms with Gasteiger partial charge in [-0.25, -0.2) is 8.42 Å². The number of nitrogens with zero attached hydrogens (tertiary/aromatic N) is 2. The number of rotatable bonds is 12. The number of carbonyl (C=O) groups excluding carboxylic acids is 1. The number of halogens is 1. The molecule has 9 nitrogen and oxygen atoms in total. The molecule has 2 aromatic rings. The van der Waals surface area contributed by atoms with Gasteiger partial charge in [-0.3, -0.25) is 9.79 Å². The van der Waals surface area contributed by atoms with Crippen molar-refractivity contribution in [1.82, 2.24) is 15.5 Å². The molecular formula is C26H35ClN4O5S. The topological polar surface area (TPSA) is 109 Å². The van der Waals surface area contributed by atoms with Gasteiger partial charge in [0.2, 0.25) is 5.91 Å². The lowest BCUT2D eigenvalue weighted by molar-refractivity contribution is -0.131. The Kier molecular flexibility index (Phi) is 9.94. The van der Waals surface area contributed by atoms with Crippen LogP contribution in [0.1, 0.15) is 29.2 Å². The summed E-state index contributed by atoms with van der Waals surface area (Å²) in [5.74, 6) is 1.02. The summed E-state index contributed by atoms with van der Waals surface area (Å²) in [6.07, 6.45) is -0.705. The number of hydrogen-bond acceptors (Lipinski definition) is 8. The minimum Gasteiger partial charge on any atom is -0.497 e. The Morgan fingerprint density at radius 3 is 2.51 bits per heavy atom. The molecule has 2 aromatic carbocycles. The van der Waals surface area contributed by atoms with Gasteiger partial charge < -0.3 is 25.0 Å². The van der Waals surface area contributed by atoms with Crippen LogP contribution >= 0.6 is 11.6 Å². The number of hydrogen-bond donors (Lipinski definition) is 2. The fraction of sp³-hybridized carbons (Fsp3) is 0.462. The Hall–Kier alpha value is -2.66. The number of amides is 1. The number of amidine groups is 1. The lowest BCUT2D eigenvalue weighted by atomic mass is 10.1. The Labute approximate surface area is 224 Å². The second-order valence-electron chi connectivity index (χ2n) is 9.01.